The summed E-state index contributed by atoms with van der Waals surface area (Å²) in [6.07, 6.45) is 0.568. The van der Waals surface area contributed by atoms with Crippen LogP contribution >= 0.6 is 0 Å². The SMILES string of the molecule is COC1CNC(C(=O)NC(C)(C)CC(=O)O)C1. The Balaban J connectivity index is 2.46. The lowest BCUT2D eigenvalue weighted by Gasteiger charge is -2.26. The fourth-order valence-corrected chi connectivity index (χ4v) is 1.93. The Labute approximate surface area is 101 Å². The highest BCUT2D eigenvalue weighted by Gasteiger charge is 2.32. The van der Waals surface area contributed by atoms with Crippen molar-refractivity contribution < 1.29 is 19.4 Å². The lowest BCUT2D eigenvalue weighted by atomic mass is 10.00. The van der Waals surface area contributed by atoms with Gasteiger partial charge < -0.3 is 20.5 Å². The minimum absolute atomic E-state index is 0.0494. The van der Waals surface area contributed by atoms with Gasteiger partial charge in [0.05, 0.1) is 18.6 Å². The number of carbonyl (C=O) groups excluding carboxylic acids is 1. The van der Waals surface area contributed by atoms with Gasteiger partial charge in [0, 0.05) is 19.2 Å². The van der Waals surface area contributed by atoms with Gasteiger partial charge in [-0.25, -0.2) is 0 Å². The number of rotatable bonds is 5. The lowest BCUT2D eigenvalue weighted by molar-refractivity contribution is -0.138. The van der Waals surface area contributed by atoms with E-state index in [4.69, 9.17) is 9.84 Å². The maximum atomic E-state index is 11.9. The zero-order chi connectivity index (χ0) is 13.1. The average molecular weight is 244 g/mol. The lowest BCUT2D eigenvalue weighted by Crippen LogP contribution is -2.51. The van der Waals surface area contributed by atoms with E-state index in [1.165, 1.54) is 0 Å². The van der Waals surface area contributed by atoms with Crippen LogP contribution in [0.3, 0.4) is 0 Å². The van der Waals surface area contributed by atoms with E-state index in [1.54, 1.807) is 21.0 Å². The molecule has 0 aromatic carbocycles. The van der Waals surface area contributed by atoms with Gasteiger partial charge in [0.1, 0.15) is 0 Å². The number of amides is 1. The Hall–Kier alpha value is -1.14. The van der Waals surface area contributed by atoms with Crippen LogP contribution in [0.25, 0.3) is 0 Å². The molecular formula is C11H20N2O4. The molecule has 1 aliphatic heterocycles. The smallest absolute Gasteiger partial charge is 0.305 e. The van der Waals surface area contributed by atoms with Gasteiger partial charge in [0.15, 0.2) is 0 Å². The average Bonchev–Trinajstić information content (AvgIpc) is 2.62. The number of aliphatic carboxylic acids is 1. The fourth-order valence-electron chi connectivity index (χ4n) is 1.93. The molecule has 1 amide bonds. The molecule has 0 radical (unpaired) electrons. The summed E-state index contributed by atoms with van der Waals surface area (Å²) in [7, 11) is 1.61. The van der Waals surface area contributed by atoms with E-state index in [-0.39, 0.29) is 24.5 Å². The van der Waals surface area contributed by atoms with Gasteiger partial charge >= 0.3 is 5.97 Å². The quantitative estimate of drug-likeness (QED) is 0.620. The van der Waals surface area contributed by atoms with Crippen molar-refractivity contribution in [2.24, 2.45) is 0 Å². The number of carboxylic acids is 1. The van der Waals surface area contributed by atoms with Gasteiger partial charge in [0.25, 0.3) is 0 Å². The molecule has 2 unspecified atom stereocenters. The van der Waals surface area contributed by atoms with Crippen molar-refractivity contribution in [3.63, 3.8) is 0 Å². The second-order valence-electron chi connectivity index (χ2n) is 5.00. The summed E-state index contributed by atoms with van der Waals surface area (Å²) in [6.45, 7) is 4.04. The van der Waals surface area contributed by atoms with Crippen molar-refractivity contribution in [1.82, 2.24) is 10.6 Å². The third-order valence-corrected chi connectivity index (χ3v) is 2.80. The van der Waals surface area contributed by atoms with Crippen LogP contribution in [0, 0.1) is 0 Å². The first kappa shape index (κ1) is 13.9. The minimum atomic E-state index is -0.926. The molecular weight excluding hydrogens is 224 g/mol. The second kappa shape index (κ2) is 5.46. The van der Waals surface area contributed by atoms with Crippen LogP contribution in [0.5, 0.6) is 0 Å². The normalized spacial score (nSPS) is 24.6. The van der Waals surface area contributed by atoms with Gasteiger partial charge in [-0.05, 0) is 20.3 Å². The number of carboxylic acid groups (broad SMARTS) is 1. The van der Waals surface area contributed by atoms with Crippen molar-refractivity contribution in [1.29, 1.82) is 0 Å². The van der Waals surface area contributed by atoms with Crippen molar-refractivity contribution in [3.8, 4) is 0 Å². The van der Waals surface area contributed by atoms with E-state index in [2.05, 4.69) is 10.6 Å². The molecule has 6 heteroatoms. The van der Waals surface area contributed by atoms with Crippen molar-refractivity contribution in [3.05, 3.63) is 0 Å². The van der Waals surface area contributed by atoms with Crippen LogP contribution < -0.4 is 10.6 Å². The van der Waals surface area contributed by atoms with Crippen molar-refractivity contribution in [2.75, 3.05) is 13.7 Å². The van der Waals surface area contributed by atoms with Crippen LogP contribution in [0.2, 0.25) is 0 Å². The highest BCUT2D eigenvalue weighted by atomic mass is 16.5. The first-order chi connectivity index (χ1) is 7.84. The van der Waals surface area contributed by atoms with E-state index in [1.807, 2.05) is 0 Å². The first-order valence-corrected chi connectivity index (χ1v) is 5.64. The molecule has 1 rings (SSSR count). The van der Waals surface area contributed by atoms with Gasteiger partial charge in [0.2, 0.25) is 5.91 Å². The largest absolute Gasteiger partial charge is 0.481 e. The summed E-state index contributed by atoms with van der Waals surface area (Å²) in [5.41, 5.74) is -0.740. The zero-order valence-electron chi connectivity index (χ0n) is 10.4. The molecule has 0 aromatic rings. The maximum absolute atomic E-state index is 11.9. The molecule has 3 N–H and O–H groups in total. The predicted molar refractivity (Wildman–Crippen MR) is 61.7 cm³/mol. The molecule has 6 nitrogen and oxygen atoms in total. The van der Waals surface area contributed by atoms with Gasteiger partial charge in [-0.2, -0.15) is 0 Å². The van der Waals surface area contributed by atoms with Crippen LogP contribution in [0.15, 0.2) is 0 Å². The molecule has 1 aliphatic rings. The van der Waals surface area contributed by atoms with Gasteiger partial charge in [-0.15, -0.1) is 0 Å². The van der Waals surface area contributed by atoms with Gasteiger partial charge in [-0.3, -0.25) is 9.59 Å². The number of hydrogen-bond acceptors (Lipinski definition) is 4. The summed E-state index contributed by atoms with van der Waals surface area (Å²) in [5.74, 6) is -1.10. The van der Waals surface area contributed by atoms with E-state index in [9.17, 15) is 9.59 Å². The zero-order valence-corrected chi connectivity index (χ0v) is 10.4. The van der Waals surface area contributed by atoms with Crippen molar-refractivity contribution >= 4 is 11.9 Å². The monoisotopic (exact) mass is 244 g/mol. The predicted octanol–water partition coefficient (Wildman–Crippen LogP) is -0.267. The number of hydrogen-bond donors (Lipinski definition) is 3. The number of methoxy groups -OCH3 is 1. The van der Waals surface area contributed by atoms with Crippen molar-refractivity contribution in [2.45, 2.75) is 44.4 Å². The molecule has 17 heavy (non-hydrogen) atoms. The molecule has 1 fully saturated rings. The standard InChI is InChI=1S/C11H20N2O4/c1-11(2,5-9(14)15)13-10(16)8-4-7(17-3)6-12-8/h7-8,12H,4-6H2,1-3H3,(H,13,16)(H,14,15). The summed E-state index contributed by atoms with van der Waals surface area (Å²) >= 11 is 0. The number of nitrogens with one attached hydrogen (secondary N) is 2. The summed E-state index contributed by atoms with van der Waals surface area (Å²) in [4.78, 5) is 22.5. The summed E-state index contributed by atoms with van der Waals surface area (Å²) in [5, 5.41) is 14.5. The molecule has 0 aliphatic carbocycles. The molecule has 98 valence electrons. The van der Waals surface area contributed by atoms with Crippen LogP contribution in [-0.4, -0.2) is 48.3 Å². The Morgan fingerprint density at radius 1 is 1.53 bits per heavy atom. The first-order valence-electron chi connectivity index (χ1n) is 5.64. The minimum Gasteiger partial charge on any atom is -0.481 e. The summed E-state index contributed by atoms with van der Waals surface area (Å²) in [6, 6.07) is -0.298. The highest BCUT2D eigenvalue weighted by molar-refractivity contribution is 5.83. The molecule has 1 saturated heterocycles. The molecule has 0 spiro atoms. The Morgan fingerprint density at radius 2 is 2.18 bits per heavy atom. The van der Waals surface area contributed by atoms with Crippen LogP contribution in [0.4, 0.5) is 0 Å². The topological polar surface area (TPSA) is 87.7 Å². The highest BCUT2D eigenvalue weighted by Crippen LogP contribution is 2.13. The maximum Gasteiger partial charge on any atom is 0.305 e. The number of carbonyl (C=O) groups is 2. The van der Waals surface area contributed by atoms with E-state index in [0.29, 0.717) is 13.0 Å². The Bertz CT molecular complexity index is 304. The van der Waals surface area contributed by atoms with Gasteiger partial charge in [-0.1, -0.05) is 0 Å². The second-order valence-corrected chi connectivity index (χ2v) is 5.00. The van der Waals surface area contributed by atoms with E-state index >= 15 is 0 Å². The van der Waals surface area contributed by atoms with E-state index < -0.39 is 11.5 Å². The third-order valence-electron chi connectivity index (χ3n) is 2.80. The summed E-state index contributed by atoms with van der Waals surface area (Å²) < 4.78 is 5.15. The molecule has 0 saturated carbocycles. The number of ether oxygens (including phenoxy) is 1. The molecule has 0 bridgehead atoms. The third kappa shape index (κ3) is 4.32. The van der Waals surface area contributed by atoms with E-state index in [0.717, 1.165) is 0 Å². The van der Waals surface area contributed by atoms with Crippen LogP contribution in [-0.2, 0) is 14.3 Å². The Kier molecular flexibility index (Phi) is 4.47. The Morgan fingerprint density at radius 3 is 2.65 bits per heavy atom. The van der Waals surface area contributed by atoms with Crippen LogP contribution in [0.1, 0.15) is 26.7 Å². The molecule has 1 heterocycles. The molecule has 2 atom stereocenters. The fraction of sp³-hybridized carbons (Fsp3) is 0.818. The molecule has 0 aromatic heterocycles.